The minimum atomic E-state index is -0.813. The average molecular weight is 406 g/mol. The molecule has 3 N–H and O–H groups in total. The summed E-state index contributed by atoms with van der Waals surface area (Å²) in [5.74, 6) is 0.0124. The second-order valence-corrected chi connectivity index (χ2v) is 9.07. The van der Waals surface area contributed by atoms with E-state index < -0.39 is 11.4 Å². The highest BCUT2D eigenvalue weighted by molar-refractivity contribution is 7.99. The van der Waals surface area contributed by atoms with Gasteiger partial charge in [0.05, 0.1) is 12.0 Å². The maximum absolute atomic E-state index is 12.9. The molecule has 1 aliphatic heterocycles. The highest BCUT2D eigenvalue weighted by Gasteiger charge is 2.39. The van der Waals surface area contributed by atoms with Gasteiger partial charge in [0, 0.05) is 23.7 Å². The number of aromatic nitrogens is 1. The van der Waals surface area contributed by atoms with Crippen molar-refractivity contribution in [1.82, 2.24) is 15.6 Å². The van der Waals surface area contributed by atoms with E-state index in [2.05, 4.69) is 17.6 Å². The van der Waals surface area contributed by atoms with Crippen molar-refractivity contribution in [2.24, 2.45) is 0 Å². The Hall–Kier alpha value is -1.60. The molecule has 2 aliphatic rings. The minimum absolute atomic E-state index is 0.0541. The van der Waals surface area contributed by atoms with E-state index in [0.29, 0.717) is 12.1 Å². The molecule has 1 atom stereocenters. The Morgan fingerprint density at radius 2 is 2.11 bits per heavy atom. The molecule has 7 heteroatoms. The van der Waals surface area contributed by atoms with Crippen LogP contribution in [0.1, 0.15) is 74.3 Å². The SMILES string of the molecule is CCCSc1nc([C@]2(CC(=O)O)CCNC2)ccc1C(=O)NC1CCCCC1. The summed E-state index contributed by atoms with van der Waals surface area (Å²) in [5.41, 5.74) is 0.906. The van der Waals surface area contributed by atoms with Gasteiger partial charge in [-0.25, -0.2) is 4.98 Å². The number of nitrogens with zero attached hydrogens (tertiary/aromatic N) is 1. The predicted octanol–water partition coefficient (Wildman–Crippen LogP) is 3.35. The predicted molar refractivity (Wildman–Crippen MR) is 111 cm³/mol. The van der Waals surface area contributed by atoms with Crippen LogP contribution in [-0.4, -0.2) is 46.9 Å². The number of carboxylic acids is 1. The molecular weight excluding hydrogens is 374 g/mol. The van der Waals surface area contributed by atoms with E-state index in [1.54, 1.807) is 11.8 Å². The first-order valence-electron chi connectivity index (χ1n) is 10.4. The van der Waals surface area contributed by atoms with Crippen molar-refractivity contribution in [2.75, 3.05) is 18.8 Å². The fourth-order valence-electron chi connectivity index (χ4n) is 4.22. The molecule has 0 aromatic carbocycles. The third-order valence-corrected chi connectivity index (χ3v) is 6.96. The Morgan fingerprint density at radius 1 is 1.32 bits per heavy atom. The molecule has 3 rings (SSSR count). The molecule has 2 heterocycles. The van der Waals surface area contributed by atoms with Gasteiger partial charge >= 0.3 is 5.97 Å². The number of hydrogen-bond donors (Lipinski definition) is 3. The van der Waals surface area contributed by atoms with Crippen molar-refractivity contribution in [3.8, 4) is 0 Å². The number of hydrogen-bond acceptors (Lipinski definition) is 5. The van der Waals surface area contributed by atoms with Crippen LogP contribution in [0.15, 0.2) is 17.2 Å². The topological polar surface area (TPSA) is 91.3 Å². The van der Waals surface area contributed by atoms with Gasteiger partial charge < -0.3 is 15.7 Å². The fourth-order valence-corrected chi connectivity index (χ4v) is 5.10. The largest absolute Gasteiger partial charge is 0.481 e. The first-order valence-corrected chi connectivity index (χ1v) is 11.4. The Labute approximate surface area is 171 Å². The standard InChI is InChI=1S/C21H31N3O3S/c1-2-12-28-20-16(19(27)23-15-6-4-3-5-7-15)8-9-17(24-20)21(13-18(25)26)10-11-22-14-21/h8-9,15,22H,2-7,10-14H2,1H3,(H,23,27)(H,25,26)/t21-/m0/s1. The highest BCUT2D eigenvalue weighted by Crippen LogP contribution is 2.35. The number of carbonyl (C=O) groups excluding carboxylic acids is 1. The van der Waals surface area contributed by atoms with Crippen LogP contribution in [0.2, 0.25) is 0 Å². The van der Waals surface area contributed by atoms with Gasteiger partial charge in [-0.15, -0.1) is 11.8 Å². The summed E-state index contributed by atoms with van der Waals surface area (Å²) in [5, 5.41) is 16.6. The summed E-state index contributed by atoms with van der Waals surface area (Å²) in [6.07, 6.45) is 7.47. The summed E-state index contributed by atoms with van der Waals surface area (Å²) >= 11 is 1.59. The molecule has 0 spiro atoms. The third-order valence-electron chi connectivity index (χ3n) is 5.76. The van der Waals surface area contributed by atoms with Gasteiger partial charge in [0.1, 0.15) is 5.03 Å². The Bertz CT molecular complexity index is 698. The zero-order valence-corrected chi connectivity index (χ0v) is 17.4. The summed E-state index contributed by atoms with van der Waals surface area (Å²) in [4.78, 5) is 29.2. The van der Waals surface area contributed by atoms with Gasteiger partial charge in [0.15, 0.2) is 0 Å². The molecule has 1 saturated carbocycles. The molecule has 1 aromatic heterocycles. The first kappa shape index (κ1) is 21.1. The zero-order chi connectivity index (χ0) is 20.0. The lowest BCUT2D eigenvalue weighted by Gasteiger charge is -2.27. The van der Waals surface area contributed by atoms with Crippen molar-refractivity contribution in [2.45, 2.75) is 74.8 Å². The molecular formula is C21H31N3O3S. The van der Waals surface area contributed by atoms with Crippen molar-refractivity contribution in [3.05, 3.63) is 23.4 Å². The molecule has 2 fully saturated rings. The summed E-state index contributed by atoms with van der Waals surface area (Å²) < 4.78 is 0. The van der Waals surface area contributed by atoms with Crippen LogP contribution in [0.4, 0.5) is 0 Å². The monoisotopic (exact) mass is 405 g/mol. The quantitative estimate of drug-likeness (QED) is 0.575. The molecule has 0 radical (unpaired) electrons. The Kier molecular flexibility index (Phi) is 7.35. The number of aliphatic carboxylic acids is 1. The minimum Gasteiger partial charge on any atom is -0.481 e. The van der Waals surface area contributed by atoms with Gasteiger partial charge in [-0.3, -0.25) is 9.59 Å². The second-order valence-electron chi connectivity index (χ2n) is 7.98. The summed E-state index contributed by atoms with van der Waals surface area (Å²) in [6, 6.07) is 3.96. The van der Waals surface area contributed by atoms with Crippen LogP contribution in [0.25, 0.3) is 0 Å². The number of rotatable bonds is 8. The van der Waals surface area contributed by atoms with Crippen molar-refractivity contribution >= 4 is 23.6 Å². The lowest BCUT2D eigenvalue weighted by molar-refractivity contribution is -0.138. The summed E-state index contributed by atoms with van der Waals surface area (Å²) in [6.45, 7) is 3.50. The molecule has 1 aromatic rings. The average Bonchev–Trinajstić information content (AvgIpc) is 3.15. The van der Waals surface area contributed by atoms with Crippen LogP contribution in [0.3, 0.4) is 0 Å². The lowest BCUT2D eigenvalue weighted by Crippen LogP contribution is -2.37. The van der Waals surface area contributed by atoms with E-state index in [4.69, 9.17) is 4.98 Å². The molecule has 0 unspecified atom stereocenters. The van der Waals surface area contributed by atoms with Crippen molar-refractivity contribution in [1.29, 1.82) is 0 Å². The van der Waals surface area contributed by atoms with Crippen molar-refractivity contribution < 1.29 is 14.7 Å². The van der Waals surface area contributed by atoms with E-state index >= 15 is 0 Å². The van der Waals surface area contributed by atoms with E-state index in [1.807, 2.05) is 12.1 Å². The smallest absolute Gasteiger partial charge is 0.304 e. The van der Waals surface area contributed by atoms with Crippen LogP contribution in [0.5, 0.6) is 0 Å². The number of amides is 1. The number of nitrogens with one attached hydrogen (secondary N) is 2. The highest BCUT2D eigenvalue weighted by atomic mass is 32.2. The van der Waals surface area contributed by atoms with E-state index in [0.717, 1.165) is 48.7 Å². The van der Waals surface area contributed by atoms with Gasteiger partial charge in [-0.2, -0.15) is 0 Å². The fraction of sp³-hybridized carbons (Fsp3) is 0.667. The van der Waals surface area contributed by atoms with Crippen LogP contribution < -0.4 is 10.6 Å². The molecule has 6 nitrogen and oxygen atoms in total. The van der Waals surface area contributed by atoms with E-state index in [9.17, 15) is 14.7 Å². The maximum atomic E-state index is 12.9. The molecule has 0 bridgehead atoms. The Morgan fingerprint density at radius 3 is 2.75 bits per heavy atom. The van der Waals surface area contributed by atoms with Gasteiger partial charge in [0.25, 0.3) is 5.91 Å². The maximum Gasteiger partial charge on any atom is 0.304 e. The van der Waals surface area contributed by atoms with Crippen molar-refractivity contribution in [3.63, 3.8) is 0 Å². The van der Waals surface area contributed by atoms with Crippen LogP contribution in [0, 0.1) is 0 Å². The van der Waals surface area contributed by atoms with E-state index in [1.165, 1.54) is 19.3 Å². The van der Waals surface area contributed by atoms with E-state index in [-0.39, 0.29) is 18.4 Å². The summed E-state index contributed by atoms with van der Waals surface area (Å²) in [7, 11) is 0. The normalized spacial score (nSPS) is 22.9. The number of carboxylic acid groups (broad SMARTS) is 1. The lowest BCUT2D eigenvalue weighted by atomic mass is 9.80. The first-order chi connectivity index (χ1) is 13.5. The molecule has 1 saturated heterocycles. The Balaban J connectivity index is 1.86. The second kappa shape index (κ2) is 9.74. The molecule has 1 amide bonds. The van der Waals surface area contributed by atoms with Crippen LogP contribution >= 0.6 is 11.8 Å². The van der Waals surface area contributed by atoms with Gasteiger partial charge in [-0.05, 0) is 50.1 Å². The van der Waals surface area contributed by atoms with Crippen LogP contribution in [-0.2, 0) is 10.2 Å². The third kappa shape index (κ3) is 5.06. The zero-order valence-electron chi connectivity index (χ0n) is 16.6. The number of pyridine rings is 1. The number of thioether (sulfide) groups is 1. The molecule has 1 aliphatic carbocycles. The number of carbonyl (C=O) groups is 2. The molecule has 154 valence electrons. The molecule has 28 heavy (non-hydrogen) atoms. The van der Waals surface area contributed by atoms with Gasteiger partial charge in [-0.1, -0.05) is 26.2 Å². The van der Waals surface area contributed by atoms with Gasteiger partial charge in [0.2, 0.25) is 0 Å².